The fraction of sp³-hybridized carbons (Fsp3) is 0. The van der Waals surface area contributed by atoms with E-state index in [1.807, 2.05) is 30.3 Å². The summed E-state index contributed by atoms with van der Waals surface area (Å²) in [4.78, 5) is 6.95. The SMILES string of the molecule is c1ccc(N(c2ccccc2)c2ccc(-n3c4ccccc4c4cc5c(cc43)N(c3ccc4cc6cc(N7c8ccccc8Oc8ccccc87)ccc6cc4c3)c3ccccc3O5)cc2)cc1. The van der Waals surface area contributed by atoms with Crippen LogP contribution in [-0.4, -0.2) is 4.57 Å². The number of nitrogens with zero attached hydrogens (tertiary/aromatic N) is 4. The van der Waals surface area contributed by atoms with Crippen LogP contribution in [0.3, 0.4) is 0 Å². The molecule has 1 aromatic heterocycles. The Morgan fingerprint density at radius 1 is 0.279 bits per heavy atom. The smallest absolute Gasteiger partial charge is 0.152 e. The van der Waals surface area contributed by atoms with Crippen LogP contribution in [0.4, 0.5) is 51.2 Å². The lowest BCUT2D eigenvalue weighted by Gasteiger charge is -2.33. The minimum atomic E-state index is 0.813. The molecule has 0 unspecified atom stereocenters. The van der Waals surface area contributed by atoms with E-state index in [1.54, 1.807) is 0 Å². The molecule has 3 heterocycles. The zero-order valence-corrected chi connectivity index (χ0v) is 36.7. The van der Waals surface area contributed by atoms with Gasteiger partial charge >= 0.3 is 0 Å². The molecular formula is C62H40N4O2. The first-order valence-corrected chi connectivity index (χ1v) is 23.0. The summed E-state index contributed by atoms with van der Waals surface area (Å²) in [5, 5.41) is 6.96. The Hall–Kier alpha value is -9.26. The molecule has 320 valence electrons. The lowest BCUT2D eigenvalue weighted by Crippen LogP contribution is -2.16. The van der Waals surface area contributed by atoms with Gasteiger partial charge in [0.05, 0.1) is 33.8 Å². The minimum absolute atomic E-state index is 0.813. The highest BCUT2D eigenvalue weighted by atomic mass is 16.5. The standard InChI is InChI=1S/C62H40N4O2/c1-3-15-45(16-4-1)63(46-17-5-2-6-18-46)47-31-33-48(34-32-47)64-53-20-8-7-19-51(53)52-39-62-58(40-57(52)64)66(56-23-11-14-26-61(56)68-62)50-30-28-42-35-43-37-49(29-27-41(43)36-44(42)38-50)65-54-21-9-12-24-59(54)67-60-25-13-10-22-55(60)65/h1-40H. The first kappa shape index (κ1) is 38.1. The Morgan fingerprint density at radius 3 is 1.31 bits per heavy atom. The Balaban J connectivity index is 0.885. The molecular weight excluding hydrogens is 833 g/mol. The van der Waals surface area contributed by atoms with Crippen molar-refractivity contribution in [1.29, 1.82) is 0 Å². The van der Waals surface area contributed by atoms with E-state index in [0.717, 1.165) is 102 Å². The van der Waals surface area contributed by atoms with Gasteiger partial charge in [0.2, 0.25) is 0 Å². The maximum atomic E-state index is 6.81. The van der Waals surface area contributed by atoms with Crippen LogP contribution in [0.1, 0.15) is 0 Å². The van der Waals surface area contributed by atoms with Gasteiger partial charge in [-0.05, 0) is 161 Å². The summed E-state index contributed by atoms with van der Waals surface area (Å²) in [5.41, 5.74) is 12.7. The van der Waals surface area contributed by atoms with Gasteiger partial charge in [0.15, 0.2) is 23.0 Å². The normalized spacial score (nSPS) is 12.6. The molecule has 6 nitrogen and oxygen atoms in total. The molecule has 0 fully saturated rings. The van der Waals surface area contributed by atoms with Crippen LogP contribution in [0.15, 0.2) is 243 Å². The van der Waals surface area contributed by atoms with Gasteiger partial charge in [-0.15, -0.1) is 0 Å². The van der Waals surface area contributed by atoms with Crippen LogP contribution in [0, 0.1) is 0 Å². The fourth-order valence-electron chi connectivity index (χ4n) is 10.4. The Kier molecular flexibility index (Phi) is 8.48. The molecule has 0 bridgehead atoms. The van der Waals surface area contributed by atoms with Crippen LogP contribution in [0.2, 0.25) is 0 Å². The molecule has 0 atom stereocenters. The van der Waals surface area contributed by atoms with Crippen LogP contribution >= 0.6 is 0 Å². The topological polar surface area (TPSA) is 33.1 Å². The predicted octanol–water partition coefficient (Wildman–Crippen LogP) is 17.7. The lowest BCUT2D eigenvalue weighted by atomic mass is 10.0. The van der Waals surface area contributed by atoms with Crippen molar-refractivity contribution in [1.82, 2.24) is 4.57 Å². The predicted molar refractivity (Wildman–Crippen MR) is 280 cm³/mol. The Morgan fingerprint density at radius 2 is 0.735 bits per heavy atom. The zero-order valence-electron chi connectivity index (χ0n) is 36.7. The average molecular weight is 873 g/mol. The van der Waals surface area contributed by atoms with Crippen LogP contribution in [-0.2, 0) is 0 Å². The summed E-state index contributed by atoms with van der Waals surface area (Å²) in [7, 11) is 0. The van der Waals surface area contributed by atoms with Crippen molar-refractivity contribution in [3.05, 3.63) is 243 Å². The molecule has 14 rings (SSSR count). The van der Waals surface area contributed by atoms with Gasteiger partial charge in [-0.1, -0.05) is 103 Å². The third-order valence-electron chi connectivity index (χ3n) is 13.4. The highest BCUT2D eigenvalue weighted by molar-refractivity contribution is 6.12. The molecule has 68 heavy (non-hydrogen) atoms. The van der Waals surface area contributed by atoms with E-state index >= 15 is 0 Å². The summed E-state index contributed by atoms with van der Waals surface area (Å²) in [6.07, 6.45) is 0. The maximum Gasteiger partial charge on any atom is 0.152 e. The first-order valence-electron chi connectivity index (χ1n) is 23.0. The highest BCUT2D eigenvalue weighted by Gasteiger charge is 2.29. The minimum Gasteiger partial charge on any atom is -0.453 e. The number of hydrogen-bond acceptors (Lipinski definition) is 5. The second-order valence-electron chi connectivity index (χ2n) is 17.4. The summed E-state index contributed by atoms with van der Waals surface area (Å²) < 4.78 is 15.5. The monoisotopic (exact) mass is 872 g/mol. The van der Waals surface area contributed by atoms with Crippen molar-refractivity contribution < 1.29 is 9.47 Å². The molecule has 11 aromatic carbocycles. The van der Waals surface area contributed by atoms with Gasteiger partial charge in [0, 0.05) is 44.9 Å². The molecule has 0 amide bonds. The zero-order chi connectivity index (χ0) is 44.7. The van der Waals surface area contributed by atoms with Gasteiger partial charge in [-0.2, -0.15) is 0 Å². The largest absolute Gasteiger partial charge is 0.453 e. The lowest BCUT2D eigenvalue weighted by molar-refractivity contribution is 0.477. The van der Waals surface area contributed by atoms with Crippen molar-refractivity contribution in [3.63, 3.8) is 0 Å². The molecule has 0 saturated carbocycles. The molecule has 0 radical (unpaired) electrons. The van der Waals surface area contributed by atoms with Gasteiger partial charge in [-0.3, -0.25) is 0 Å². The summed E-state index contributed by atoms with van der Waals surface area (Å²) >= 11 is 0. The van der Waals surface area contributed by atoms with E-state index in [2.05, 4.69) is 232 Å². The van der Waals surface area contributed by atoms with E-state index in [9.17, 15) is 0 Å². The van der Waals surface area contributed by atoms with Crippen molar-refractivity contribution >= 4 is 94.5 Å². The number of anilines is 9. The second kappa shape index (κ2) is 15.2. The molecule has 0 aliphatic carbocycles. The van der Waals surface area contributed by atoms with E-state index in [4.69, 9.17) is 9.47 Å². The molecule has 2 aliphatic rings. The maximum absolute atomic E-state index is 6.81. The fourth-order valence-corrected chi connectivity index (χ4v) is 10.4. The van der Waals surface area contributed by atoms with Crippen molar-refractivity contribution in [3.8, 4) is 28.7 Å². The summed E-state index contributed by atoms with van der Waals surface area (Å²) in [6, 6.07) is 86.2. The van der Waals surface area contributed by atoms with E-state index in [0.29, 0.717) is 0 Å². The molecule has 0 spiro atoms. The van der Waals surface area contributed by atoms with Gasteiger partial charge in [-0.25, -0.2) is 0 Å². The quantitative estimate of drug-likeness (QED) is 0.155. The number of ether oxygens (including phenoxy) is 2. The van der Waals surface area contributed by atoms with Gasteiger partial charge < -0.3 is 28.7 Å². The van der Waals surface area contributed by atoms with Crippen molar-refractivity contribution in [2.24, 2.45) is 0 Å². The second-order valence-corrected chi connectivity index (χ2v) is 17.4. The van der Waals surface area contributed by atoms with Crippen molar-refractivity contribution in [2.45, 2.75) is 0 Å². The summed E-state index contributed by atoms with van der Waals surface area (Å²) in [5.74, 6) is 3.31. The van der Waals surface area contributed by atoms with Crippen LogP contribution in [0.5, 0.6) is 23.0 Å². The van der Waals surface area contributed by atoms with Gasteiger partial charge in [0.25, 0.3) is 0 Å². The van der Waals surface area contributed by atoms with Crippen molar-refractivity contribution in [2.75, 3.05) is 14.7 Å². The number of hydrogen-bond donors (Lipinski definition) is 0. The van der Waals surface area contributed by atoms with E-state index < -0.39 is 0 Å². The molecule has 0 saturated heterocycles. The molecule has 6 heteroatoms. The number of aromatic nitrogens is 1. The molecule has 0 N–H and O–H groups in total. The Labute approximate surface area is 392 Å². The van der Waals surface area contributed by atoms with Crippen LogP contribution in [0.25, 0.3) is 49.0 Å². The number of benzene rings is 11. The third kappa shape index (κ3) is 6.05. The first-order chi connectivity index (χ1) is 33.7. The summed E-state index contributed by atoms with van der Waals surface area (Å²) in [6.45, 7) is 0. The number of fused-ring (bicyclic) bond motifs is 9. The number of para-hydroxylation sites is 9. The molecule has 2 aliphatic heterocycles. The van der Waals surface area contributed by atoms with E-state index in [1.165, 1.54) is 21.5 Å². The highest BCUT2D eigenvalue weighted by Crippen LogP contribution is 2.54. The average Bonchev–Trinajstić information content (AvgIpc) is 3.71. The number of rotatable bonds is 6. The van der Waals surface area contributed by atoms with Crippen LogP contribution < -0.4 is 24.2 Å². The Bertz CT molecular complexity index is 3860. The van der Waals surface area contributed by atoms with E-state index in [-0.39, 0.29) is 0 Å². The third-order valence-corrected chi connectivity index (χ3v) is 13.4. The van der Waals surface area contributed by atoms with Gasteiger partial charge in [0.1, 0.15) is 0 Å². The molecule has 12 aromatic rings.